The number of halogens is 1. The van der Waals surface area contributed by atoms with Crippen LogP contribution in [0.1, 0.15) is 18.5 Å². The lowest BCUT2D eigenvalue weighted by atomic mass is 10.1. The van der Waals surface area contributed by atoms with Gasteiger partial charge in [-0.3, -0.25) is 0 Å². The largest absolute Gasteiger partial charge is 0.497 e. The molecule has 0 aliphatic rings. The predicted octanol–water partition coefficient (Wildman–Crippen LogP) is 4.28. The molecule has 0 aliphatic carbocycles. The predicted molar refractivity (Wildman–Crippen MR) is 86.5 cm³/mol. The lowest BCUT2D eigenvalue weighted by Gasteiger charge is -2.18. The van der Waals surface area contributed by atoms with Gasteiger partial charge >= 0.3 is 0 Å². The molecule has 0 aromatic heterocycles. The van der Waals surface area contributed by atoms with Gasteiger partial charge in [0.1, 0.15) is 11.6 Å². The van der Waals surface area contributed by atoms with Crippen molar-refractivity contribution in [1.82, 2.24) is 5.32 Å². The van der Waals surface area contributed by atoms with Crippen molar-refractivity contribution in [2.24, 2.45) is 0 Å². The second-order valence-corrected chi connectivity index (χ2v) is 5.69. The summed E-state index contributed by atoms with van der Waals surface area (Å²) in [5, 5.41) is 3.44. The number of rotatable bonds is 7. The maximum atomic E-state index is 13.7. The van der Waals surface area contributed by atoms with Gasteiger partial charge in [-0.1, -0.05) is 31.2 Å². The fourth-order valence-electron chi connectivity index (χ4n) is 2.09. The second-order valence-electron chi connectivity index (χ2n) is 4.62. The van der Waals surface area contributed by atoms with Crippen molar-refractivity contribution < 1.29 is 9.13 Å². The molecular formula is C17H20FNOS. The summed E-state index contributed by atoms with van der Waals surface area (Å²) >= 11 is 1.53. The molecule has 0 amide bonds. The molecule has 0 saturated carbocycles. The van der Waals surface area contributed by atoms with E-state index in [9.17, 15) is 4.39 Å². The SMILES string of the molecule is CCNC(CSc1ccccc1F)c1ccc(OC)cc1. The summed E-state index contributed by atoms with van der Waals surface area (Å²) in [6.45, 7) is 2.94. The van der Waals surface area contributed by atoms with Gasteiger partial charge in [0.05, 0.1) is 7.11 Å². The number of hydrogen-bond acceptors (Lipinski definition) is 3. The first-order valence-electron chi connectivity index (χ1n) is 6.99. The normalized spacial score (nSPS) is 12.1. The van der Waals surface area contributed by atoms with Crippen LogP contribution in [0.2, 0.25) is 0 Å². The van der Waals surface area contributed by atoms with Crippen LogP contribution in [0.15, 0.2) is 53.4 Å². The molecule has 2 rings (SSSR count). The van der Waals surface area contributed by atoms with Crippen molar-refractivity contribution in [2.75, 3.05) is 19.4 Å². The number of methoxy groups -OCH3 is 1. The zero-order valence-electron chi connectivity index (χ0n) is 12.3. The van der Waals surface area contributed by atoms with Gasteiger partial charge in [-0.15, -0.1) is 11.8 Å². The molecule has 1 unspecified atom stereocenters. The topological polar surface area (TPSA) is 21.3 Å². The van der Waals surface area contributed by atoms with Gasteiger partial charge in [0.15, 0.2) is 0 Å². The Balaban J connectivity index is 2.06. The third-order valence-electron chi connectivity index (χ3n) is 3.21. The molecular weight excluding hydrogens is 285 g/mol. The van der Waals surface area contributed by atoms with Gasteiger partial charge in [0, 0.05) is 16.7 Å². The summed E-state index contributed by atoms with van der Waals surface area (Å²) < 4.78 is 18.8. The minimum atomic E-state index is -0.160. The minimum Gasteiger partial charge on any atom is -0.497 e. The summed E-state index contributed by atoms with van der Waals surface area (Å²) in [5.74, 6) is 1.46. The molecule has 21 heavy (non-hydrogen) atoms. The highest BCUT2D eigenvalue weighted by molar-refractivity contribution is 7.99. The maximum absolute atomic E-state index is 13.7. The van der Waals surface area contributed by atoms with E-state index in [-0.39, 0.29) is 11.9 Å². The molecule has 1 N–H and O–H groups in total. The van der Waals surface area contributed by atoms with Crippen LogP contribution in [-0.4, -0.2) is 19.4 Å². The summed E-state index contributed by atoms with van der Waals surface area (Å²) in [5.41, 5.74) is 1.18. The second kappa shape index (κ2) is 8.05. The maximum Gasteiger partial charge on any atom is 0.136 e. The Bertz CT molecular complexity index is 559. The van der Waals surface area contributed by atoms with E-state index < -0.39 is 0 Å². The van der Waals surface area contributed by atoms with E-state index in [1.165, 1.54) is 23.4 Å². The van der Waals surface area contributed by atoms with E-state index >= 15 is 0 Å². The Morgan fingerprint density at radius 3 is 2.48 bits per heavy atom. The molecule has 0 fully saturated rings. The van der Waals surface area contributed by atoms with E-state index in [0.29, 0.717) is 4.90 Å². The van der Waals surface area contributed by atoms with Crippen LogP contribution in [0, 0.1) is 5.82 Å². The minimum absolute atomic E-state index is 0.160. The molecule has 0 bridgehead atoms. The summed E-state index contributed by atoms with van der Waals surface area (Å²) in [4.78, 5) is 0.689. The molecule has 0 spiro atoms. The smallest absolute Gasteiger partial charge is 0.136 e. The Labute approximate surface area is 129 Å². The van der Waals surface area contributed by atoms with Crippen LogP contribution in [0.3, 0.4) is 0 Å². The van der Waals surface area contributed by atoms with Crippen LogP contribution < -0.4 is 10.1 Å². The lowest BCUT2D eigenvalue weighted by molar-refractivity contribution is 0.414. The first-order valence-corrected chi connectivity index (χ1v) is 7.97. The van der Waals surface area contributed by atoms with Crippen molar-refractivity contribution in [2.45, 2.75) is 17.9 Å². The molecule has 2 aromatic rings. The molecule has 2 aromatic carbocycles. The van der Waals surface area contributed by atoms with Gasteiger partial charge in [-0.05, 0) is 36.4 Å². The Morgan fingerprint density at radius 1 is 1.14 bits per heavy atom. The Kier molecular flexibility index (Phi) is 6.08. The fourth-order valence-corrected chi connectivity index (χ4v) is 3.13. The average molecular weight is 305 g/mol. The first-order chi connectivity index (χ1) is 10.2. The van der Waals surface area contributed by atoms with E-state index in [0.717, 1.165) is 18.0 Å². The third-order valence-corrected chi connectivity index (χ3v) is 4.35. The average Bonchev–Trinajstić information content (AvgIpc) is 2.53. The molecule has 1 atom stereocenters. The van der Waals surface area contributed by atoms with Crippen LogP contribution in [0.25, 0.3) is 0 Å². The lowest BCUT2D eigenvalue weighted by Crippen LogP contribution is -2.22. The molecule has 112 valence electrons. The van der Waals surface area contributed by atoms with Crippen LogP contribution in [0.5, 0.6) is 5.75 Å². The van der Waals surface area contributed by atoms with Crippen LogP contribution in [-0.2, 0) is 0 Å². The van der Waals surface area contributed by atoms with Crippen LogP contribution >= 0.6 is 11.8 Å². The summed E-state index contributed by atoms with van der Waals surface area (Å²) in [6, 6.07) is 15.1. The zero-order chi connectivity index (χ0) is 15.1. The zero-order valence-corrected chi connectivity index (χ0v) is 13.1. The quantitative estimate of drug-likeness (QED) is 0.772. The van der Waals surface area contributed by atoms with Crippen molar-refractivity contribution in [3.8, 4) is 5.75 Å². The number of benzene rings is 2. The molecule has 2 nitrogen and oxygen atoms in total. The number of nitrogens with one attached hydrogen (secondary N) is 1. The van der Waals surface area contributed by atoms with Gasteiger partial charge in [-0.2, -0.15) is 0 Å². The monoisotopic (exact) mass is 305 g/mol. The van der Waals surface area contributed by atoms with E-state index in [2.05, 4.69) is 12.2 Å². The first kappa shape index (κ1) is 15.9. The highest BCUT2D eigenvalue weighted by Crippen LogP contribution is 2.27. The molecule has 0 heterocycles. The number of ether oxygens (including phenoxy) is 1. The number of hydrogen-bond donors (Lipinski definition) is 1. The molecule has 4 heteroatoms. The van der Waals surface area contributed by atoms with Gasteiger partial charge in [0.25, 0.3) is 0 Å². The highest BCUT2D eigenvalue weighted by Gasteiger charge is 2.12. The van der Waals surface area contributed by atoms with Crippen molar-refractivity contribution >= 4 is 11.8 Å². The van der Waals surface area contributed by atoms with Gasteiger partial charge < -0.3 is 10.1 Å². The summed E-state index contributed by atoms with van der Waals surface area (Å²) in [6.07, 6.45) is 0. The van der Waals surface area contributed by atoms with Crippen molar-refractivity contribution in [3.63, 3.8) is 0 Å². The van der Waals surface area contributed by atoms with Gasteiger partial charge in [-0.25, -0.2) is 4.39 Å². The van der Waals surface area contributed by atoms with Crippen molar-refractivity contribution in [3.05, 3.63) is 59.9 Å². The highest BCUT2D eigenvalue weighted by atomic mass is 32.2. The van der Waals surface area contributed by atoms with E-state index in [4.69, 9.17) is 4.74 Å². The molecule has 0 aliphatic heterocycles. The fraction of sp³-hybridized carbons (Fsp3) is 0.294. The Morgan fingerprint density at radius 2 is 1.86 bits per heavy atom. The van der Waals surface area contributed by atoms with Gasteiger partial charge in [0.2, 0.25) is 0 Å². The third kappa shape index (κ3) is 4.48. The molecule has 0 radical (unpaired) electrons. The summed E-state index contributed by atoms with van der Waals surface area (Å²) in [7, 11) is 1.66. The Hall–Kier alpha value is -1.52. The van der Waals surface area contributed by atoms with E-state index in [1.807, 2.05) is 36.4 Å². The molecule has 0 saturated heterocycles. The van der Waals surface area contributed by atoms with E-state index in [1.54, 1.807) is 13.2 Å². The van der Waals surface area contributed by atoms with Crippen LogP contribution in [0.4, 0.5) is 4.39 Å². The number of thioether (sulfide) groups is 1. The standard InChI is InChI=1S/C17H20FNOS/c1-3-19-16(13-8-10-14(20-2)11-9-13)12-21-17-7-5-4-6-15(17)18/h4-11,16,19H,3,12H2,1-2H3. The van der Waals surface area contributed by atoms with Crippen molar-refractivity contribution in [1.29, 1.82) is 0 Å².